The molecule has 0 saturated carbocycles. The lowest BCUT2D eigenvalue weighted by molar-refractivity contribution is 0.0984. The Bertz CT molecular complexity index is 1000. The Morgan fingerprint density at radius 1 is 1.18 bits per heavy atom. The maximum absolute atomic E-state index is 13.3. The first kappa shape index (κ1) is 20.8. The minimum absolute atomic E-state index is 0.0225. The van der Waals surface area contributed by atoms with Gasteiger partial charge in [-0.25, -0.2) is 8.42 Å². The summed E-state index contributed by atoms with van der Waals surface area (Å²) in [5, 5.41) is 0.124. The van der Waals surface area contributed by atoms with Crippen LogP contribution in [0.2, 0.25) is 5.02 Å². The van der Waals surface area contributed by atoms with Crippen molar-refractivity contribution in [1.29, 1.82) is 0 Å². The molecule has 0 aliphatic carbocycles. The van der Waals surface area contributed by atoms with Crippen LogP contribution in [-0.4, -0.2) is 38.3 Å². The lowest BCUT2D eigenvalue weighted by Crippen LogP contribution is -2.36. The minimum atomic E-state index is -3.76. The number of carbonyl (C=O) groups is 1. The molecule has 5 nitrogen and oxygen atoms in total. The molecule has 2 aromatic rings. The third-order valence-electron chi connectivity index (χ3n) is 5.17. The third kappa shape index (κ3) is 3.69. The molecule has 0 bridgehead atoms. The van der Waals surface area contributed by atoms with Crippen LogP contribution in [-0.2, 0) is 16.4 Å². The highest BCUT2D eigenvalue weighted by molar-refractivity contribution is 7.89. The van der Waals surface area contributed by atoms with Gasteiger partial charge in [-0.05, 0) is 49.1 Å². The van der Waals surface area contributed by atoms with Gasteiger partial charge in [0.2, 0.25) is 10.0 Å². The zero-order valence-corrected chi connectivity index (χ0v) is 18.0. The second-order valence-electron chi connectivity index (χ2n) is 6.88. The Hall–Kier alpha value is -1.89. The number of para-hydroxylation sites is 1. The van der Waals surface area contributed by atoms with Crippen molar-refractivity contribution in [3.8, 4) is 0 Å². The Balaban J connectivity index is 2.04. The highest BCUT2D eigenvalue weighted by Crippen LogP contribution is 2.33. The molecular formula is C21H25ClN2O3S. The number of anilines is 1. The molecule has 1 heterocycles. The lowest BCUT2D eigenvalue weighted by Gasteiger charge is -2.31. The predicted molar refractivity (Wildman–Crippen MR) is 113 cm³/mol. The minimum Gasteiger partial charge on any atom is -0.308 e. The first-order chi connectivity index (χ1) is 13.3. The largest absolute Gasteiger partial charge is 0.308 e. The van der Waals surface area contributed by atoms with Gasteiger partial charge in [0.25, 0.3) is 5.91 Å². The number of amides is 1. The summed E-state index contributed by atoms with van der Waals surface area (Å²) < 4.78 is 27.2. The van der Waals surface area contributed by atoms with Crippen LogP contribution < -0.4 is 4.90 Å². The molecule has 0 saturated heterocycles. The van der Waals surface area contributed by atoms with Crippen molar-refractivity contribution < 1.29 is 13.2 Å². The molecule has 0 spiro atoms. The van der Waals surface area contributed by atoms with E-state index in [0.29, 0.717) is 25.2 Å². The van der Waals surface area contributed by atoms with Crippen LogP contribution in [0.5, 0.6) is 0 Å². The van der Waals surface area contributed by atoms with Crippen LogP contribution in [0.1, 0.15) is 41.8 Å². The summed E-state index contributed by atoms with van der Waals surface area (Å²) in [5.74, 6) is -0.206. The molecule has 0 atom stereocenters. The van der Waals surface area contributed by atoms with Gasteiger partial charge in [0, 0.05) is 25.2 Å². The summed E-state index contributed by atoms with van der Waals surface area (Å²) in [5.41, 5.74) is 3.44. The molecule has 0 fully saturated rings. The quantitative estimate of drug-likeness (QED) is 0.725. The van der Waals surface area contributed by atoms with Crippen molar-refractivity contribution in [2.24, 2.45) is 0 Å². The van der Waals surface area contributed by atoms with E-state index in [1.54, 1.807) is 24.8 Å². The molecular weight excluding hydrogens is 396 g/mol. The zero-order valence-electron chi connectivity index (χ0n) is 16.4. The highest BCUT2D eigenvalue weighted by atomic mass is 35.5. The van der Waals surface area contributed by atoms with E-state index < -0.39 is 10.0 Å². The lowest BCUT2D eigenvalue weighted by atomic mass is 9.97. The normalized spacial score (nSPS) is 14.2. The van der Waals surface area contributed by atoms with Crippen molar-refractivity contribution in [2.75, 3.05) is 24.5 Å². The van der Waals surface area contributed by atoms with Gasteiger partial charge in [-0.1, -0.05) is 43.6 Å². The number of hydrogen-bond donors (Lipinski definition) is 0. The van der Waals surface area contributed by atoms with Gasteiger partial charge < -0.3 is 4.90 Å². The summed E-state index contributed by atoms with van der Waals surface area (Å²) in [6.07, 6.45) is 1.81. The Morgan fingerprint density at radius 2 is 1.89 bits per heavy atom. The van der Waals surface area contributed by atoms with Gasteiger partial charge in [-0.15, -0.1) is 0 Å². The van der Waals surface area contributed by atoms with Gasteiger partial charge in [0.05, 0.1) is 10.7 Å². The van der Waals surface area contributed by atoms with Crippen LogP contribution in [0.4, 0.5) is 5.69 Å². The molecule has 2 aromatic carbocycles. The first-order valence-electron chi connectivity index (χ1n) is 9.51. The number of rotatable bonds is 5. The number of carbonyl (C=O) groups excluding carboxylic acids is 1. The standard InChI is InChI=1S/C21H25ClN2O3S/c1-4-23(5-2)28(26,27)19-14-17(11-12-18(19)22)21(25)24-13-7-10-16-9-6-8-15(3)20(16)24/h6,8-9,11-12,14H,4-5,7,10,13H2,1-3H3. The van der Waals surface area contributed by atoms with E-state index in [9.17, 15) is 13.2 Å². The summed E-state index contributed by atoms with van der Waals surface area (Å²) in [6, 6.07) is 10.5. The van der Waals surface area contributed by atoms with Crippen molar-refractivity contribution in [1.82, 2.24) is 4.31 Å². The molecule has 150 valence electrons. The Kier molecular flexibility index (Phi) is 6.12. The SMILES string of the molecule is CCN(CC)S(=O)(=O)c1cc(C(=O)N2CCCc3cccc(C)c32)ccc1Cl. The Morgan fingerprint density at radius 3 is 2.57 bits per heavy atom. The van der Waals surface area contributed by atoms with Gasteiger partial charge in [0.1, 0.15) is 4.90 Å². The molecule has 0 unspecified atom stereocenters. The fourth-order valence-electron chi connectivity index (χ4n) is 3.74. The Labute approximate surface area is 172 Å². The van der Waals surface area contributed by atoms with E-state index in [1.807, 2.05) is 25.1 Å². The number of aryl methyl sites for hydroxylation is 2. The molecule has 1 amide bonds. The maximum Gasteiger partial charge on any atom is 0.258 e. The van der Waals surface area contributed by atoms with E-state index in [4.69, 9.17) is 11.6 Å². The average molecular weight is 421 g/mol. The van der Waals surface area contributed by atoms with Crippen molar-refractivity contribution in [2.45, 2.75) is 38.5 Å². The number of sulfonamides is 1. The average Bonchev–Trinajstić information content (AvgIpc) is 2.68. The second kappa shape index (κ2) is 8.23. The number of halogens is 1. The number of nitrogens with zero attached hydrogens (tertiary/aromatic N) is 2. The fourth-order valence-corrected chi connectivity index (χ4v) is 5.70. The summed E-state index contributed by atoms with van der Waals surface area (Å²) in [6.45, 7) is 6.83. The summed E-state index contributed by atoms with van der Waals surface area (Å²) in [4.78, 5) is 15.0. The second-order valence-corrected chi connectivity index (χ2v) is 9.19. The molecule has 0 radical (unpaired) electrons. The van der Waals surface area contributed by atoms with E-state index in [-0.39, 0.29) is 15.8 Å². The number of fused-ring (bicyclic) bond motifs is 1. The van der Waals surface area contributed by atoms with E-state index in [1.165, 1.54) is 16.4 Å². The third-order valence-corrected chi connectivity index (χ3v) is 7.70. The molecule has 0 aromatic heterocycles. The monoisotopic (exact) mass is 420 g/mol. The molecule has 1 aliphatic heterocycles. The van der Waals surface area contributed by atoms with Gasteiger partial charge >= 0.3 is 0 Å². The van der Waals surface area contributed by atoms with Crippen molar-refractivity contribution >= 4 is 33.2 Å². The van der Waals surface area contributed by atoms with Crippen LogP contribution >= 0.6 is 11.6 Å². The molecule has 28 heavy (non-hydrogen) atoms. The number of benzene rings is 2. The number of hydrogen-bond acceptors (Lipinski definition) is 3. The van der Waals surface area contributed by atoms with E-state index >= 15 is 0 Å². The molecule has 0 N–H and O–H groups in total. The highest BCUT2D eigenvalue weighted by Gasteiger charge is 2.29. The molecule has 7 heteroatoms. The van der Waals surface area contributed by atoms with Crippen LogP contribution in [0, 0.1) is 6.92 Å². The summed E-state index contributed by atoms with van der Waals surface area (Å²) >= 11 is 6.20. The smallest absolute Gasteiger partial charge is 0.258 e. The summed E-state index contributed by atoms with van der Waals surface area (Å²) in [7, 11) is -3.76. The first-order valence-corrected chi connectivity index (χ1v) is 11.3. The molecule has 1 aliphatic rings. The van der Waals surface area contributed by atoms with Crippen molar-refractivity contribution in [3.63, 3.8) is 0 Å². The zero-order chi connectivity index (χ0) is 20.5. The van der Waals surface area contributed by atoms with E-state index in [0.717, 1.165) is 29.7 Å². The maximum atomic E-state index is 13.3. The topological polar surface area (TPSA) is 57.7 Å². The van der Waals surface area contributed by atoms with Gasteiger partial charge in [0.15, 0.2) is 0 Å². The van der Waals surface area contributed by atoms with Crippen molar-refractivity contribution in [3.05, 3.63) is 58.1 Å². The van der Waals surface area contributed by atoms with Crippen LogP contribution in [0.15, 0.2) is 41.3 Å². The fraction of sp³-hybridized carbons (Fsp3) is 0.381. The molecule has 3 rings (SSSR count). The van der Waals surface area contributed by atoms with Gasteiger partial charge in [-0.3, -0.25) is 4.79 Å². The van der Waals surface area contributed by atoms with E-state index in [2.05, 4.69) is 0 Å². The predicted octanol–water partition coefficient (Wildman–Crippen LogP) is 4.27. The van der Waals surface area contributed by atoms with Crippen LogP contribution in [0.3, 0.4) is 0 Å². The van der Waals surface area contributed by atoms with Gasteiger partial charge in [-0.2, -0.15) is 4.31 Å². The van der Waals surface area contributed by atoms with Crippen LogP contribution in [0.25, 0.3) is 0 Å².